The lowest BCUT2D eigenvalue weighted by molar-refractivity contribution is 0.365. The van der Waals surface area contributed by atoms with E-state index < -0.39 is 0 Å². The van der Waals surface area contributed by atoms with Crippen LogP contribution in [0.25, 0.3) is 0 Å². The SMILES string of the molecule is CCNC(CC)C(C)Cc1cc(C)nn1C. The highest BCUT2D eigenvalue weighted by Gasteiger charge is 2.16. The Morgan fingerprint density at radius 2 is 2.12 bits per heavy atom. The minimum atomic E-state index is 0.611. The monoisotopic (exact) mass is 223 g/mol. The molecule has 0 aliphatic rings. The first-order valence-electron chi connectivity index (χ1n) is 6.31. The molecule has 0 spiro atoms. The fourth-order valence-electron chi connectivity index (χ4n) is 2.34. The number of rotatable bonds is 6. The van der Waals surface area contributed by atoms with E-state index in [0.717, 1.165) is 18.7 Å². The van der Waals surface area contributed by atoms with Crippen LogP contribution in [0.5, 0.6) is 0 Å². The largest absolute Gasteiger partial charge is 0.314 e. The average molecular weight is 223 g/mol. The van der Waals surface area contributed by atoms with Gasteiger partial charge < -0.3 is 5.32 Å². The summed E-state index contributed by atoms with van der Waals surface area (Å²) in [7, 11) is 2.03. The molecule has 3 heteroatoms. The number of hydrogen-bond acceptors (Lipinski definition) is 2. The molecule has 2 unspecified atom stereocenters. The van der Waals surface area contributed by atoms with Gasteiger partial charge in [0.25, 0.3) is 0 Å². The lowest BCUT2D eigenvalue weighted by Gasteiger charge is -2.23. The van der Waals surface area contributed by atoms with Crippen molar-refractivity contribution in [1.29, 1.82) is 0 Å². The summed E-state index contributed by atoms with van der Waals surface area (Å²) in [6.45, 7) is 9.84. The number of nitrogens with one attached hydrogen (secondary N) is 1. The zero-order chi connectivity index (χ0) is 12.1. The molecule has 1 aromatic rings. The van der Waals surface area contributed by atoms with Gasteiger partial charge in [0.1, 0.15) is 0 Å². The number of hydrogen-bond donors (Lipinski definition) is 1. The van der Waals surface area contributed by atoms with Gasteiger partial charge in [0.15, 0.2) is 0 Å². The standard InChI is InChI=1S/C13H25N3/c1-6-13(14-7-2)10(3)8-12-9-11(4)15-16(12)5/h9-10,13-14H,6-8H2,1-5H3. The van der Waals surface area contributed by atoms with Crippen molar-refractivity contribution in [3.8, 4) is 0 Å². The molecule has 0 bridgehead atoms. The molecular formula is C13H25N3. The molecule has 0 saturated carbocycles. The van der Waals surface area contributed by atoms with Crippen molar-refractivity contribution in [2.45, 2.75) is 46.6 Å². The predicted molar refractivity (Wildman–Crippen MR) is 68.6 cm³/mol. The topological polar surface area (TPSA) is 29.9 Å². The highest BCUT2D eigenvalue weighted by molar-refractivity contribution is 5.09. The van der Waals surface area contributed by atoms with Crippen LogP contribution in [0.1, 0.15) is 38.6 Å². The van der Waals surface area contributed by atoms with Crippen molar-refractivity contribution in [3.05, 3.63) is 17.5 Å². The zero-order valence-corrected chi connectivity index (χ0v) is 11.2. The molecule has 0 radical (unpaired) electrons. The summed E-state index contributed by atoms with van der Waals surface area (Å²) in [6.07, 6.45) is 2.29. The van der Waals surface area contributed by atoms with Crippen LogP contribution in [0, 0.1) is 12.8 Å². The Morgan fingerprint density at radius 3 is 2.56 bits per heavy atom. The van der Waals surface area contributed by atoms with Crippen LogP contribution in [-0.2, 0) is 13.5 Å². The highest BCUT2D eigenvalue weighted by atomic mass is 15.3. The van der Waals surface area contributed by atoms with Crippen molar-refractivity contribution in [2.24, 2.45) is 13.0 Å². The molecule has 0 aromatic carbocycles. The van der Waals surface area contributed by atoms with E-state index in [1.54, 1.807) is 0 Å². The molecule has 1 heterocycles. The average Bonchev–Trinajstić information content (AvgIpc) is 2.53. The first-order valence-corrected chi connectivity index (χ1v) is 6.31. The van der Waals surface area contributed by atoms with E-state index in [1.165, 1.54) is 12.1 Å². The highest BCUT2D eigenvalue weighted by Crippen LogP contribution is 2.14. The number of nitrogens with zero attached hydrogens (tertiary/aromatic N) is 2. The maximum Gasteiger partial charge on any atom is 0.0596 e. The zero-order valence-electron chi connectivity index (χ0n) is 11.2. The normalized spacial score (nSPS) is 15.1. The summed E-state index contributed by atoms with van der Waals surface area (Å²) in [5, 5.41) is 7.94. The third kappa shape index (κ3) is 3.34. The Labute approximate surface area is 99.2 Å². The fourth-order valence-corrected chi connectivity index (χ4v) is 2.34. The maximum atomic E-state index is 4.39. The van der Waals surface area contributed by atoms with Crippen LogP contribution in [0.4, 0.5) is 0 Å². The van der Waals surface area contributed by atoms with Gasteiger partial charge in [-0.1, -0.05) is 20.8 Å². The molecule has 1 aromatic heterocycles. The lowest BCUT2D eigenvalue weighted by atomic mass is 9.94. The van der Waals surface area contributed by atoms with E-state index in [1.807, 2.05) is 11.7 Å². The summed E-state index contributed by atoms with van der Waals surface area (Å²) in [5.74, 6) is 0.653. The Balaban J connectivity index is 2.62. The summed E-state index contributed by atoms with van der Waals surface area (Å²) >= 11 is 0. The van der Waals surface area contributed by atoms with Gasteiger partial charge >= 0.3 is 0 Å². The minimum Gasteiger partial charge on any atom is -0.314 e. The first kappa shape index (κ1) is 13.2. The summed E-state index contributed by atoms with van der Waals surface area (Å²) in [5.41, 5.74) is 2.45. The van der Waals surface area contributed by atoms with Crippen molar-refractivity contribution in [2.75, 3.05) is 6.54 Å². The summed E-state index contributed by atoms with van der Waals surface area (Å²) in [6, 6.07) is 2.80. The Hall–Kier alpha value is -0.830. The van der Waals surface area contributed by atoms with Crippen LogP contribution in [0.2, 0.25) is 0 Å². The van der Waals surface area contributed by atoms with Gasteiger partial charge in [-0.25, -0.2) is 0 Å². The maximum absolute atomic E-state index is 4.39. The quantitative estimate of drug-likeness (QED) is 0.802. The molecule has 0 saturated heterocycles. The molecule has 16 heavy (non-hydrogen) atoms. The van der Waals surface area contributed by atoms with Gasteiger partial charge in [-0.2, -0.15) is 5.10 Å². The smallest absolute Gasteiger partial charge is 0.0596 e. The predicted octanol–water partition coefficient (Wildman–Crippen LogP) is 2.30. The van der Waals surface area contributed by atoms with Gasteiger partial charge in [-0.05, 0) is 38.3 Å². The van der Waals surface area contributed by atoms with Gasteiger partial charge in [-0.15, -0.1) is 0 Å². The molecule has 92 valence electrons. The summed E-state index contributed by atoms with van der Waals surface area (Å²) < 4.78 is 2.00. The second kappa shape index (κ2) is 6.04. The number of aromatic nitrogens is 2. The van der Waals surface area contributed by atoms with Crippen molar-refractivity contribution < 1.29 is 0 Å². The van der Waals surface area contributed by atoms with E-state index in [2.05, 4.69) is 44.2 Å². The van der Waals surface area contributed by atoms with E-state index in [0.29, 0.717) is 12.0 Å². The molecule has 0 aliphatic carbocycles. The Morgan fingerprint density at radius 1 is 1.44 bits per heavy atom. The van der Waals surface area contributed by atoms with Crippen molar-refractivity contribution in [3.63, 3.8) is 0 Å². The van der Waals surface area contributed by atoms with Crippen LogP contribution >= 0.6 is 0 Å². The van der Waals surface area contributed by atoms with Gasteiger partial charge in [-0.3, -0.25) is 4.68 Å². The van der Waals surface area contributed by atoms with E-state index in [9.17, 15) is 0 Å². The molecule has 0 aliphatic heterocycles. The lowest BCUT2D eigenvalue weighted by Crippen LogP contribution is -2.35. The van der Waals surface area contributed by atoms with E-state index >= 15 is 0 Å². The van der Waals surface area contributed by atoms with Crippen LogP contribution in [0.15, 0.2) is 6.07 Å². The van der Waals surface area contributed by atoms with Gasteiger partial charge in [0.05, 0.1) is 5.69 Å². The molecular weight excluding hydrogens is 198 g/mol. The third-order valence-corrected chi connectivity index (χ3v) is 3.22. The van der Waals surface area contributed by atoms with E-state index in [4.69, 9.17) is 0 Å². The van der Waals surface area contributed by atoms with Crippen LogP contribution in [-0.4, -0.2) is 22.4 Å². The molecule has 3 nitrogen and oxygen atoms in total. The van der Waals surface area contributed by atoms with Crippen molar-refractivity contribution >= 4 is 0 Å². The fraction of sp³-hybridized carbons (Fsp3) is 0.769. The van der Waals surface area contributed by atoms with Gasteiger partial charge in [0.2, 0.25) is 0 Å². The molecule has 0 fully saturated rings. The van der Waals surface area contributed by atoms with Crippen LogP contribution < -0.4 is 5.32 Å². The molecule has 2 atom stereocenters. The number of aryl methyl sites for hydroxylation is 2. The Bertz CT molecular complexity index is 317. The third-order valence-electron chi connectivity index (χ3n) is 3.22. The molecule has 1 N–H and O–H groups in total. The van der Waals surface area contributed by atoms with Crippen LogP contribution in [0.3, 0.4) is 0 Å². The van der Waals surface area contributed by atoms with E-state index in [-0.39, 0.29) is 0 Å². The Kier molecular flexibility index (Phi) is 5.00. The second-order valence-electron chi connectivity index (χ2n) is 4.65. The van der Waals surface area contributed by atoms with Gasteiger partial charge in [0, 0.05) is 18.8 Å². The first-order chi connectivity index (χ1) is 7.58. The minimum absolute atomic E-state index is 0.611. The second-order valence-corrected chi connectivity index (χ2v) is 4.65. The molecule has 1 rings (SSSR count). The molecule has 0 amide bonds. The van der Waals surface area contributed by atoms with Crippen molar-refractivity contribution in [1.82, 2.24) is 15.1 Å². The summed E-state index contributed by atoms with van der Waals surface area (Å²) in [4.78, 5) is 0.